The van der Waals surface area contributed by atoms with Crippen molar-refractivity contribution < 1.29 is 4.79 Å². The fourth-order valence-electron chi connectivity index (χ4n) is 1.46. The van der Waals surface area contributed by atoms with Gasteiger partial charge in [-0.3, -0.25) is 4.79 Å². The molecule has 0 unspecified atom stereocenters. The lowest BCUT2D eigenvalue weighted by atomic mass is 10.2. The van der Waals surface area contributed by atoms with Gasteiger partial charge in [0.25, 0.3) is 5.91 Å². The molecule has 5 heteroatoms. The molecule has 0 saturated carbocycles. The van der Waals surface area contributed by atoms with Crippen molar-refractivity contribution in [3.8, 4) is 0 Å². The van der Waals surface area contributed by atoms with Gasteiger partial charge in [-0.05, 0) is 35.9 Å². The fourth-order valence-corrected chi connectivity index (χ4v) is 1.72. The summed E-state index contributed by atoms with van der Waals surface area (Å²) in [5, 5.41) is 3.90. The summed E-state index contributed by atoms with van der Waals surface area (Å²) in [6.07, 6.45) is 1.58. The van der Waals surface area contributed by atoms with E-state index in [1.807, 2.05) is 24.3 Å². The third-order valence-corrected chi connectivity index (χ3v) is 2.93. The van der Waals surface area contributed by atoms with Crippen molar-refractivity contribution in [3.05, 3.63) is 64.1 Å². The van der Waals surface area contributed by atoms with Crippen molar-refractivity contribution in [2.45, 2.75) is 0 Å². The lowest BCUT2D eigenvalue weighted by molar-refractivity contribution is 0.0955. The summed E-state index contributed by atoms with van der Waals surface area (Å²) < 4.78 is 0.994. The molecule has 0 aliphatic rings. The molecule has 0 fully saturated rings. The summed E-state index contributed by atoms with van der Waals surface area (Å²) in [6, 6.07) is 14.3. The molecule has 2 aromatic rings. The zero-order valence-electron chi connectivity index (χ0n) is 10.0. The minimum Gasteiger partial charge on any atom is -0.399 e. The Labute approximate surface area is 119 Å². The number of nitrogens with two attached hydrogens (primary N) is 1. The molecule has 0 aromatic heterocycles. The highest BCUT2D eigenvalue weighted by Gasteiger charge is 2.03. The van der Waals surface area contributed by atoms with E-state index in [1.54, 1.807) is 30.5 Å². The van der Waals surface area contributed by atoms with Crippen LogP contribution in [0.25, 0.3) is 0 Å². The maximum Gasteiger partial charge on any atom is 0.271 e. The summed E-state index contributed by atoms with van der Waals surface area (Å²) in [5.74, 6) is -0.291. The molecule has 0 spiro atoms. The van der Waals surface area contributed by atoms with Crippen LogP contribution in [0.2, 0.25) is 0 Å². The normalized spacial score (nSPS) is 10.6. The molecule has 4 nitrogen and oxygen atoms in total. The van der Waals surface area contributed by atoms with Gasteiger partial charge in [0.05, 0.1) is 6.21 Å². The highest BCUT2D eigenvalue weighted by molar-refractivity contribution is 9.10. The molecule has 3 N–H and O–H groups in total. The number of carbonyl (C=O) groups is 1. The van der Waals surface area contributed by atoms with E-state index in [0.717, 1.165) is 10.0 Å². The summed E-state index contributed by atoms with van der Waals surface area (Å²) in [6.45, 7) is 0. The molecule has 2 rings (SSSR count). The van der Waals surface area contributed by atoms with Gasteiger partial charge < -0.3 is 5.73 Å². The number of halogens is 1. The van der Waals surface area contributed by atoms with Crippen LogP contribution in [-0.2, 0) is 0 Å². The minimum absolute atomic E-state index is 0.291. The summed E-state index contributed by atoms with van der Waals surface area (Å²) in [7, 11) is 0. The number of nitrogens with one attached hydrogen (secondary N) is 1. The Hall–Kier alpha value is -2.14. The number of hydrogen-bond donors (Lipinski definition) is 2. The molecule has 1 amide bonds. The van der Waals surface area contributed by atoms with Crippen molar-refractivity contribution in [1.29, 1.82) is 0 Å². The number of anilines is 1. The van der Waals surface area contributed by atoms with E-state index in [2.05, 4.69) is 26.5 Å². The van der Waals surface area contributed by atoms with Crippen LogP contribution in [0.3, 0.4) is 0 Å². The summed E-state index contributed by atoms with van der Waals surface area (Å²) >= 11 is 3.35. The van der Waals surface area contributed by atoms with Crippen LogP contribution in [-0.4, -0.2) is 12.1 Å². The molecular weight excluding hydrogens is 306 g/mol. The number of nitrogens with zero attached hydrogens (tertiary/aromatic N) is 1. The number of amides is 1. The second kappa shape index (κ2) is 6.15. The average Bonchev–Trinajstić information content (AvgIpc) is 2.41. The summed E-state index contributed by atoms with van der Waals surface area (Å²) in [5.41, 5.74) is 9.98. The maximum absolute atomic E-state index is 11.8. The van der Waals surface area contributed by atoms with Crippen LogP contribution >= 0.6 is 15.9 Å². The Balaban J connectivity index is 1.98. The van der Waals surface area contributed by atoms with Gasteiger partial charge in [-0.2, -0.15) is 5.10 Å². The number of carbonyl (C=O) groups excluding carboxylic acids is 1. The highest BCUT2D eigenvalue weighted by Crippen LogP contribution is 2.09. The third-order valence-electron chi connectivity index (χ3n) is 2.40. The van der Waals surface area contributed by atoms with Gasteiger partial charge in [-0.1, -0.05) is 34.1 Å². The number of hydrazone groups is 1. The van der Waals surface area contributed by atoms with Crippen LogP contribution < -0.4 is 11.2 Å². The SMILES string of the molecule is Nc1cccc(C(=O)N/N=C/c2ccc(Br)cc2)c1. The van der Waals surface area contributed by atoms with Gasteiger partial charge in [0.15, 0.2) is 0 Å². The van der Waals surface area contributed by atoms with Crippen LogP contribution in [0.5, 0.6) is 0 Å². The molecule has 0 radical (unpaired) electrons. The lowest BCUT2D eigenvalue weighted by Gasteiger charge is -2.00. The predicted octanol–water partition coefficient (Wildman–Crippen LogP) is 2.80. The minimum atomic E-state index is -0.291. The molecular formula is C14H12BrN3O. The van der Waals surface area contributed by atoms with Gasteiger partial charge in [0, 0.05) is 15.7 Å². The van der Waals surface area contributed by atoms with E-state index in [-0.39, 0.29) is 5.91 Å². The van der Waals surface area contributed by atoms with Gasteiger partial charge in [0.2, 0.25) is 0 Å². The maximum atomic E-state index is 11.8. The first-order valence-corrected chi connectivity index (χ1v) is 6.39. The van der Waals surface area contributed by atoms with E-state index in [1.165, 1.54) is 0 Å². The predicted molar refractivity (Wildman–Crippen MR) is 80.1 cm³/mol. The first-order chi connectivity index (χ1) is 9.15. The Morgan fingerprint density at radius 3 is 2.63 bits per heavy atom. The molecule has 0 atom stereocenters. The van der Waals surface area contributed by atoms with Crippen LogP contribution in [0, 0.1) is 0 Å². The second-order valence-corrected chi connectivity index (χ2v) is 4.79. The second-order valence-electron chi connectivity index (χ2n) is 3.88. The van der Waals surface area contributed by atoms with Gasteiger partial charge in [-0.15, -0.1) is 0 Å². The number of rotatable bonds is 3. The number of benzene rings is 2. The van der Waals surface area contributed by atoms with E-state index in [9.17, 15) is 4.79 Å². The third kappa shape index (κ3) is 3.93. The first kappa shape index (κ1) is 13.3. The van der Waals surface area contributed by atoms with Crippen molar-refractivity contribution in [1.82, 2.24) is 5.43 Å². The topological polar surface area (TPSA) is 67.5 Å². The van der Waals surface area contributed by atoms with Crippen LogP contribution in [0.4, 0.5) is 5.69 Å². The Morgan fingerprint density at radius 1 is 1.21 bits per heavy atom. The Bertz CT molecular complexity index is 608. The molecule has 19 heavy (non-hydrogen) atoms. The van der Waals surface area contributed by atoms with E-state index in [0.29, 0.717) is 11.3 Å². The molecule has 0 bridgehead atoms. The van der Waals surface area contributed by atoms with E-state index < -0.39 is 0 Å². The highest BCUT2D eigenvalue weighted by atomic mass is 79.9. The number of hydrogen-bond acceptors (Lipinski definition) is 3. The number of nitrogen functional groups attached to an aromatic ring is 1. The molecule has 0 heterocycles. The lowest BCUT2D eigenvalue weighted by Crippen LogP contribution is -2.17. The van der Waals surface area contributed by atoms with Crippen molar-refractivity contribution in [2.24, 2.45) is 5.10 Å². The molecule has 0 saturated heterocycles. The van der Waals surface area contributed by atoms with Gasteiger partial charge >= 0.3 is 0 Å². The molecule has 96 valence electrons. The van der Waals surface area contributed by atoms with Crippen molar-refractivity contribution in [2.75, 3.05) is 5.73 Å². The molecule has 0 aliphatic heterocycles. The largest absolute Gasteiger partial charge is 0.399 e. The van der Waals surface area contributed by atoms with E-state index in [4.69, 9.17) is 5.73 Å². The standard InChI is InChI=1S/C14H12BrN3O/c15-12-6-4-10(5-7-12)9-17-18-14(19)11-2-1-3-13(16)8-11/h1-9H,16H2,(H,18,19)/b17-9+. The average molecular weight is 318 g/mol. The zero-order valence-corrected chi connectivity index (χ0v) is 11.6. The quantitative estimate of drug-likeness (QED) is 0.519. The smallest absolute Gasteiger partial charge is 0.271 e. The fraction of sp³-hybridized carbons (Fsp3) is 0. The molecule has 0 aliphatic carbocycles. The Kier molecular flexibility index (Phi) is 4.30. The van der Waals surface area contributed by atoms with Gasteiger partial charge in [-0.25, -0.2) is 5.43 Å². The monoisotopic (exact) mass is 317 g/mol. The van der Waals surface area contributed by atoms with E-state index >= 15 is 0 Å². The van der Waals surface area contributed by atoms with Crippen molar-refractivity contribution >= 4 is 33.7 Å². The first-order valence-electron chi connectivity index (χ1n) is 5.59. The zero-order chi connectivity index (χ0) is 13.7. The van der Waals surface area contributed by atoms with Crippen molar-refractivity contribution in [3.63, 3.8) is 0 Å². The van der Waals surface area contributed by atoms with Crippen LogP contribution in [0.15, 0.2) is 58.1 Å². The van der Waals surface area contributed by atoms with Gasteiger partial charge in [0.1, 0.15) is 0 Å². The molecule has 2 aromatic carbocycles. The van der Waals surface area contributed by atoms with Crippen LogP contribution in [0.1, 0.15) is 15.9 Å². The summed E-state index contributed by atoms with van der Waals surface area (Å²) in [4.78, 5) is 11.8. The Morgan fingerprint density at radius 2 is 1.95 bits per heavy atom.